The van der Waals surface area contributed by atoms with Crippen LogP contribution in [0.5, 0.6) is 0 Å². The normalized spacial score (nSPS) is 10.9. The summed E-state index contributed by atoms with van der Waals surface area (Å²) in [5.41, 5.74) is 3.62. The van der Waals surface area contributed by atoms with E-state index in [1.54, 1.807) is 19.1 Å². The van der Waals surface area contributed by atoms with Crippen LogP contribution in [-0.4, -0.2) is 22.1 Å². The summed E-state index contributed by atoms with van der Waals surface area (Å²) in [4.78, 5) is 24.3. The Morgan fingerprint density at radius 1 is 1.18 bits per heavy atom. The van der Waals surface area contributed by atoms with Gasteiger partial charge < -0.3 is 9.30 Å². The molecule has 0 atom stereocenters. The average Bonchev–Trinajstić information content (AvgIpc) is 3.18. The van der Waals surface area contributed by atoms with Gasteiger partial charge in [0.2, 0.25) is 0 Å². The summed E-state index contributed by atoms with van der Waals surface area (Å²) in [5.74, 6) is -0.403. The lowest BCUT2D eigenvalue weighted by Gasteiger charge is -2.08. The number of esters is 1. The van der Waals surface area contributed by atoms with E-state index in [9.17, 15) is 14.9 Å². The predicted octanol–water partition coefficient (Wildman–Crippen LogP) is 5.62. The van der Waals surface area contributed by atoms with Crippen LogP contribution in [0, 0.1) is 24.0 Å². The first-order chi connectivity index (χ1) is 13.3. The molecule has 2 aromatic heterocycles. The zero-order chi connectivity index (χ0) is 20.4. The van der Waals surface area contributed by atoms with Gasteiger partial charge in [0.25, 0.3) is 5.69 Å². The maximum atomic E-state index is 12.7. The Balaban J connectivity index is 2.14. The van der Waals surface area contributed by atoms with Crippen molar-refractivity contribution < 1.29 is 14.5 Å². The van der Waals surface area contributed by atoms with Crippen molar-refractivity contribution in [3.8, 4) is 11.1 Å². The Bertz CT molecular complexity index is 1040. The van der Waals surface area contributed by atoms with Crippen molar-refractivity contribution >= 4 is 34.6 Å². The van der Waals surface area contributed by atoms with Gasteiger partial charge in [0.15, 0.2) is 0 Å². The van der Waals surface area contributed by atoms with Gasteiger partial charge in [0.1, 0.15) is 0 Å². The van der Waals surface area contributed by atoms with Crippen molar-refractivity contribution in [1.82, 2.24) is 4.57 Å². The van der Waals surface area contributed by atoms with Crippen LogP contribution < -0.4 is 0 Å². The van der Waals surface area contributed by atoms with E-state index in [4.69, 9.17) is 16.3 Å². The van der Waals surface area contributed by atoms with E-state index in [-0.39, 0.29) is 12.3 Å². The number of hydrogen-bond donors (Lipinski definition) is 0. The molecule has 0 N–H and O–H groups in total. The van der Waals surface area contributed by atoms with E-state index in [1.807, 2.05) is 30.5 Å². The number of halogens is 1. The molecule has 0 amide bonds. The Hall–Kier alpha value is -2.64. The van der Waals surface area contributed by atoms with E-state index in [1.165, 1.54) is 23.5 Å². The first-order valence-electron chi connectivity index (χ1n) is 8.69. The molecular formula is C20H19ClN2O4S. The number of benzene rings is 1. The molecule has 0 aliphatic carbocycles. The van der Waals surface area contributed by atoms with Crippen LogP contribution in [0.4, 0.5) is 5.69 Å². The smallest absolute Gasteiger partial charge is 0.340 e. The lowest BCUT2D eigenvalue weighted by molar-refractivity contribution is -0.384. The molecule has 3 aromatic rings. The summed E-state index contributed by atoms with van der Waals surface area (Å²) in [6, 6.07) is 10.0. The largest absolute Gasteiger partial charge is 0.462 e. The van der Waals surface area contributed by atoms with Crippen molar-refractivity contribution in [3.63, 3.8) is 0 Å². The first-order valence-corrected chi connectivity index (χ1v) is 9.88. The van der Waals surface area contributed by atoms with Gasteiger partial charge in [-0.3, -0.25) is 10.1 Å². The minimum Gasteiger partial charge on any atom is -0.462 e. The van der Waals surface area contributed by atoms with Crippen molar-refractivity contribution in [2.24, 2.45) is 0 Å². The first kappa shape index (κ1) is 20.1. The molecule has 0 bridgehead atoms. The van der Waals surface area contributed by atoms with Gasteiger partial charge in [-0.15, -0.1) is 11.3 Å². The van der Waals surface area contributed by atoms with Crippen LogP contribution in [0.15, 0.2) is 36.4 Å². The maximum Gasteiger partial charge on any atom is 0.340 e. The number of nitro groups is 1. The fourth-order valence-corrected chi connectivity index (χ4v) is 4.35. The minimum atomic E-state index is -0.445. The lowest BCUT2D eigenvalue weighted by atomic mass is 10.0. The molecule has 146 valence electrons. The number of ether oxygens (including phenoxy) is 1. The molecule has 0 saturated carbocycles. The quantitative estimate of drug-likeness (QED) is 0.296. The van der Waals surface area contributed by atoms with Gasteiger partial charge in [-0.2, -0.15) is 0 Å². The molecule has 0 fully saturated rings. The Morgan fingerprint density at radius 3 is 2.39 bits per heavy atom. The molecule has 0 radical (unpaired) electrons. The van der Waals surface area contributed by atoms with Crippen molar-refractivity contribution in [1.29, 1.82) is 0 Å². The fourth-order valence-electron chi connectivity index (χ4n) is 3.27. The molecule has 0 aliphatic heterocycles. The molecule has 3 rings (SSSR count). The second kappa shape index (κ2) is 8.16. The molecule has 0 spiro atoms. The molecule has 1 aromatic carbocycles. The monoisotopic (exact) mass is 418 g/mol. The standard InChI is InChI=1S/C20H19ClN2O4S/c1-4-27-20(24)19-13(3)22(11-16-9-10-17(21)28-16)12(2)18(19)14-5-7-15(8-6-14)23(25)26/h5-10H,4,11H2,1-3H3. The maximum absolute atomic E-state index is 12.7. The average molecular weight is 419 g/mol. The van der Waals surface area contributed by atoms with Gasteiger partial charge in [-0.25, -0.2) is 4.79 Å². The topological polar surface area (TPSA) is 74.4 Å². The highest BCUT2D eigenvalue weighted by Crippen LogP contribution is 2.35. The SMILES string of the molecule is CCOC(=O)c1c(-c2ccc([N+](=O)[O-])cc2)c(C)n(Cc2ccc(Cl)s2)c1C. The van der Waals surface area contributed by atoms with Crippen LogP contribution in [0.2, 0.25) is 4.34 Å². The third kappa shape index (κ3) is 3.81. The highest BCUT2D eigenvalue weighted by molar-refractivity contribution is 7.16. The number of rotatable bonds is 6. The third-order valence-corrected chi connectivity index (χ3v) is 5.79. The van der Waals surface area contributed by atoms with Crippen molar-refractivity contribution in [3.05, 3.63) is 72.7 Å². The molecule has 6 nitrogen and oxygen atoms in total. The van der Waals surface area contributed by atoms with E-state index in [0.717, 1.165) is 27.4 Å². The number of carbonyl (C=O) groups excluding carboxylic acids is 1. The van der Waals surface area contributed by atoms with E-state index in [0.29, 0.717) is 16.4 Å². The summed E-state index contributed by atoms with van der Waals surface area (Å²) < 4.78 is 8.03. The molecule has 2 heterocycles. The second-order valence-electron chi connectivity index (χ2n) is 6.24. The van der Waals surface area contributed by atoms with Gasteiger partial charge >= 0.3 is 5.97 Å². The summed E-state index contributed by atoms with van der Waals surface area (Å²) in [7, 11) is 0. The van der Waals surface area contributed by atoms with Gasteiger partial charge in [-0.1, -0.05) is 11.6 Å². The molecular weight excluding hydrogens is 400 g/mol. The van der Waals surface area contributed by atoms with Crippen LogP contribution in [-0.2, 0) is 11.3 Å². The summed E-state index contributed by atoms with van der Waals surface area (Å²) in [6.07, 6.45) is 0. The van der Waals surface area contributed by atoms with Crippen molar-refractivity contribution in [2.45, 2.75) is 27.3 Å². The highest BCUT2D eigenvalue weighted by atomic mass is 35.5. The number of hydrogen-bond acceptors (Lipinski definition) is 5. The van der Waals surface area contributed by atoms with Gasteiger partial charge in [-0.05, 0) is 50.6 Å². The number of nitrogens with zero attached hydrogens (tertiary/aromatic N) is 2. The lowest BCUT2D eigenvalue weighted by Crippen LogP contribution is -2.08. The van der Waals surface area contributed by atoms with Crippen molar-refractivity contribution in [2.75, 3.05) is 6.61 Å². The molecule has 8 heteroatoms. The number of nitro benzene ring substituents is 1. The Morgan fingerprint density at radius 2 is 1.86 bits per heavy atom. The van der Waals surface area contributed by atoms with E-state index >= 15 is 0 Å². The second-order valence-corrected chi connectivity index (χ2v) is 8.04. The fraction of sp³-hybridized carbons (Fsp3) is 0.250. The molecule has 0 saturated heterocycles. The summed E-state index contributed by atoms with van der Waals surface area (Å²) in [5, 5.41) is 11.0. The zero-order valence-electron chi connectivity index (χ0n) is 15.7. The molecule has 0 unspecified atom stereocenters. The minimum absolute atomic E-state index is 0.00321. The zero-order valence-corrected chi connectivity index (χ0v) is 17.3. The van der Waals surface area contributed by atoms with Crippen LogP contribution in [0.3, 0.4) is 0 Å². The number of thiophene rings is 1. The van der Waals surface area contributed by atoms with Gasteiger partial charge in [0, 0.05) is 34.0 Å². The van der Waals surface area contributed by atoms with Gasteiger partial charge in [0.05, 0.1) is 28.0 Å². The predicted molar refractivity (Wildman–Crippen MR) is 110 cm³/mol. The number of aromatic nitrogens is 1. The summed E-state index contributed by atoms with van der Waals surface area (Å²) in [6.45, 7) is 6.42. The molecule has 28 heavy (non-hydrogen) atoms. The van der Waals surface area contributed by atoms with Crippen LogP contribution in [0.25, 0.3) is 11.1 Å². The number of carbonyl (C=O) groups is 1. The highest BCUT2D eigenvalue weighted by Gasteiger charge is 2.25. The Kier molecular flexibility index (Phi) is 5.86. The summed E-state index contributed by atoms with van der Waals surface area (Å²) >= 11 is 7.54. The van der Waals surface area contributed by atoms with E-state index < -0.39 is 10.9 Å². The Labute approximate surface area is 171 Å². The third-order valence-electron chi connectivity index (χ3n) is 4.57. The van der Waals surface area contributed by atoms with Crippen LogP contribution in [0.1, 0.15) is 33.5 Å². The van der Waals surface area contributed by atoms with E-state index in [2.05, 4.69) is 0 Å². The number of non-ortho nitro benzene ring substituents is 1. The van der Waals surface area contributed by atoms with Crippen LogP contribution >= 0.6 is 22.9 Å². The molecule has 0 aliphatic rings.